The number of carboxylic acids is 1. The molecule has 0 saturated carbocycles. The lowest BCUT2D eigenvalue weighted by Gasteiger charge is -2.20. The maximum Gasteiger partial charge on any atom is 0.303 e. The highest BCUT2D eigenvalue weighted by atomic mass is 79.9. The smallest absolute Gasteiger partial charge is 0.303 e. The van der Waals surface area contributed by atoms with E-state index in [1.54, 1.807) is 12.1 Å². The maximum atomic E-state index is 13.5. The van der Waals surface area contributed by atoms with Crippen LogP contribution in [0.2, 0.25) is 0 Å². The first-order chi connectivity index (χ1) is 8.38. The Bertz CT molecular complexity index is 425. The third-order valence-corrected chi connectivity index (χ3v) is 3.09. The molecule has 100 valence electrons. The van der Waals surface area contributed by atoms with Gasteiger partial charge >= 0.3 is 5.97 Å². The molecule has 1 aromatic rings. The zero-order valence-corrected chi connectivity index (χ0v) is 12.1. The summed E-state index contributed by atoms with van der Waals surface area (Å²) < 4.78 is 14.4. The second kappa shape index (κ2) is 6.85. The van der Waals surface area contributed by atoms with Gasteiger partial charge in [0, 0.05) is 29.5 Å². The molecule has 0 amide bonds. The van der Waals surface area contributed by atoms with Crippen molar-refractivity contribution in [1.29, 1.82) is 0 Å². The fourth-order valence-electron chi connectivity index (χ4n) is 1.91. The van der Waals surface area contributed by atoms with Crippen molar-refractivity contribution in [3.05, 3.63) is 34.1 Å². The van der Waals surface area contributed by atoms with Crippen molar-refractivity contribution in [2.75, 3.05) is 13.6 Å². The molecule has 0 aromatic heterocycles. The van der Waals surface area contributed by atoms with E-state index in [0.29, 0.717) is 18.7 Å². The average molecular weight is 318 g/mol. The molecule has 0 spiro atoms. The molecule has 5 heteroatoms. The molecule has 0 aliphatic heterocycles. The highest BCUT2D eigenvalue weighted by molar-refractivity contribution is 9.10. The highest BCUT2D eigenvalue weighted by Gasteiger charge is 2.12. The lowest BCUT2D eigenvalue weighted by molar-refractivity contribution is -0.138. The van der Waals surface area contributed by atoms with Gasteiger partial charge in [0.1, 0.15) is 5.82 Å². The molecule has 1 atom stereocenters. The molecule has 0 radical (unpaired) electrons. The minimum atomic E-state index is -0.801. The van der Waals surface area contributed by atoms with Gasteiger partial charge in [-0.15, -0.1) is 0 Å². The van der Waals surface area contributed by atoms with Crippen molar-refractivity contribution in [2.24, 2.45) is 5.92 Å². The second-order valence-electron chi connectivity index (χ2n) is 4.64. The van der Waals surface area contributed by atoms with Crippen molar-refractivity contribution >= 4 is 21.9 Å². The maximum absolute atomic E-state index is 13.5. The monoisotopic (exact) mass is 317 g/mol. The van der Waals surface area contributed by atoms with Gasteiger partial charge in [0.25, 0.3) is 0 Å². The molecule has 3 nitrogen and oxygen atoms in total. The quantitative estimate of drug-likeness (QED) is 0.876. The molecule has 1 rings (SSSR count). The van der Waals surface area contributed by atoms with Crippen LogP contribution in [0.4, 0.5) is 4.39 Å². The number of hydrogen-bond donors (Lipinski definition) is 1. The van der Waals surface area contributed by atoms with Gasteiger partial charge in [0.2, 0.25) is 0 Å². The number of hydrogen-bond acceptors (Lipinski definition) is 2. The fourth-order valence-corrected chi connectivity index (χ4v) is 2.32. The number of halogens is 2. The Balaban J connectivity index is 2.56. The van der Waals surface area contributed by atoms with E-state index in [0.717, 1.165) is 4.47 Å². The summed E-state index contributed by atoms with van der Waals surface area (Å²) in [7, 11) is 1.86. The molecule has 0 bridgehead atoms. The third-order valence-electron chi connectivity index (χ3n) is 2.59. The Morgan fingerprint density at radius 3 is 2.83 bits per heavy atom. The van der Waals surface area contributed by atoms with Gasteiger partial charge in [-0.05, 0) is 31.2 Å². The first-order valence-corrected chi connectivity index (χ1v) is 6.52. The Morgan fingerprint density at radius 2 is 2.22 bits per heavy atom. The number of rotatable bonds is 6. The molecule has 1 unspecified atom stereocenters. The summed E-state index contributed by atoms with van der Waals surface area (Å²) in [5.41, 5.74) is 0.606. The molecule has 0 saturated heterocycles. The molecule has 1 N–H and O–H groups in total. The average Bonchev–Trinajstić information content (AvgIpc) is 2.21. The summed E-state index contributed by atoms with van der Waals surface area (Å²) >= 11 is 3.31. The number of aliphatic carboxylic acids is 1. The van der Waals surface area contributed by atoms with E-state index < -0.39 is 5.97 Å². The van der Waals surface area contributed by atoms with E-state index in [1.807, 2.05) is 18.9 Å². The van der Waals surface area contributed by atoms with Gasteiger partial charge in [-0.2, -0.15) is 0 Å². The van der Waals surface area contributed by atoms with E-state index in [2.05, 4.69) is 15.9 Å². The topological polar surface area (TPSA) is 40.5 Å². The molecule has 0 aliphatic rings. The number of nitrogens with zero attached hydrogens (tertiary/aromatic N) is 1. The zero-order valence-electron chi connectivity index (χ0n) is 10.5. The van der Waals surface area contributed by atoms with Gasteiger partial charge in [0.15, 0.2) is 0 Å². The standard InChI is InChI=1S/C13H17BrFNO2/c1-9(5-13(17)18)7-16(2)8-10-6-11(14)3-4-12(10)15/h3-4,6,9H,5,7-8H2,1-2H3,(H,17,18). The van der Waals surface area contributed by atoms with Crippen molar-refractivity contribution in [2.45, 2.75) is 19.9 Å². The zero-order chi connectivity index (χ0) is 13.7. The summed E-state index contributed by atoms with van der Waals surface area (Å²) in [6.45, 7) is 2.97. The first-order valence-electron chi connectivity index (χ1n) is 5.72. The summed E-state index contributed by atoms with van der Waals surface area (Å²) in [5.74, 6) is -0.997. The fraction of sp³-hybridized carbons (Fsp3) is 0.462. The summed E-state index contributed by atoms with van der Waals surface area (Å²) in [6, 6.07) is 4.83. The minimum absolute atomic E-state index is 0.0442. The van der Waals surface area contributed by atoms with E-state index in [1.165, 1.54) is 6.07 Å². The molecule has 0 aliphatic carbocycles. The Labute approximate surface area is 115 Å². The summed E-state index contributed by atoms with van der Waals surface area (Å²) in [5, 5.41) is 8.68. The van der Waals surface area contributed by atoms with E-state index in [9.17, 15) is 9.18 Å². The van der Waals surface area contributed by atoms with Gasteiger partial charge < -0.3 is 10.0 Å². The van der Waals surface area contributed by atoms with Gasteiger partial charge in [0.05, 0.1) is 0 Å². The lowest BCUT2D eigenvalue weighted by Crippen LogP contribution is -2.25. The molecular formula is C13H17BrFNO2. The van der Waals surface area contributed by atoms with Crippen LogP contribution in [0.25, 0.3) is 0 Å². The predicted molar refractivity (Wildman–Crippen MR) is 71.9 cm³/mol. The number of carboxylic acid groups (broad SMARTS) is 1. The van der Waals surface area contributed by atoms with E-state index >= 15 is 0 Å². The largest absolute Gasteiger partial charge is 0.481 e. The third kappa shape index (κ3) is 5.14. The van der Waals surface area contributed by atoms with Crippen molar-refractivity contribution in [1.82, 2.24) is 4.90 Å². The minimum Gasteiger partial charge on any atom is -0.481 e. The molecule has 0 fully saturated rings. The SMILES string of the molecule is CC(CC(=O)O)CN(C)Cc1cc(Br)ccc1F. The predicted octanol–water partition coefficient (Wildman–Crippen LogP) is 3.13. The Morgan fingerprint density at radius 1 is 1.56 bits per heavy atom. The highest BCUT2D eigenvalue weighted by Crippen LogP contribution is 2.17. The van der Waals surface area contributed by atoms with Gasteiger partial charge in [-0.1, -0.05) is 22.9 Å². The molecule has 0 heterocycles. The van der Waals surface area contributed by atoms with Crippen LogP contribution >= 0.6 is 15.9 Å². The van der Waals surface area contributed by atoms with E-state index in [-0.39, 0.29) is 18.2 Å². The van der Waals surface area contributed by atoms with Crippen LogP contribution in [0.1, 0.15) is 18.9 Å². The van der Waals surface area contributed by atoms with Crippen molar-refractivity contribution < 1.29 is 14.3 Å². The van der Waals surface area contributed by atoms with Crippen LogP contribution in [-0.2, 0) is 11.3 Å². The first kappa shape index (κ1) is 15.1. The van der Waals surface area contributed by atoms with Crippen LogP contribution in [-0.4, -0.2) is 29.6 Å². The Hall–Kier alpha value is -0.940. The lowest BCUT2D eigenvalue weighted by atomic mass is 10.1. The molecule has 18 heavy (non-hydrogen) atoms. The summed E-state index contributed by atoms with van der Waals surface area (Å²) in [4.78, 5) is 12.5. The molecule has 1 aromatic carbocycles. The van der Waals surface area contributed by atoms with Gasteiger partial charge in [-0.3, -0.25) is 4.79 Å². The number of carbonyl (C=O) groups is 1. The van der Waals surface area contributed by atoms with Crippen molar-refractivity contribution in [3.8, 4) is 0 Å². The number of benzene rings is 1. The normalized spacial score (nSPS) is 12.7. The van der Waals surface area contributed by atoms with Gasteiger partial charge in [-0.25, -0.2) is 4.39 Å². The van der Waals surface area contributed by atoms with E-state index in [4.69, 9.17) is 5.11 Å². The Kier molecular flexibility index (Phi) is 5.75. The summed E-state index contributed by atoms with van der Waals surface area (Å²) in [6.07, 6.45) is 0.130. The van der Waals surface area contributed by atoms with Crippen LogP contribution in [0, 0.1) is 11.7 Å². The van der Waals surface area contributed by atoms with Crippen LogP contribution in [0.5, 0.6) is 0 Å². The van der Waals surface area contributed by atoms with Crippen LogP contribution in [0.15, 0.2) is 22.7 Å². The van der Waals surface area contributed by atoms with Crippen LogP contribution in [0.3, 0.4) is 0 Å². The molecular weight excluding hydrogens is 301 g/mol. The second-order valence-corrected chi connectivity index (χ2v) is 5.55. The van der Waals surface area contributed by atoms with Crippen molar-refractivity contribution in [3.63, 3.8) is 0 Å². The van der Waals surface area contributed by atoms with Crippen LogP contribution < -0.4 is 0 Å².